The van der Waals surface area contributed by atoms with Gasteiger partial charge in [-0.05, 0) is 50.3 Å². The Morgan fingerprint density at radius 3 is 2.51 bits per heavy atom. The first kappa shape index (κ1) is 24.6. The second-order valence-corrected chi connectivity index (χ2v) is 11.2. The fraction of sp³-hybridized carbons (Fsp3) is 0.607. The van der Waals surface area contributed by atoms with Crippen LogP contribution in [0.1, 0.15) is 47.3 Å². The van der Waals surface area contributed by atoms with Gasteiger partial charge in [0, 0.05) is 70.5 Å². The number of β-amino-alcohol motifs (C(OH)–C–C–N with tert-alkyl or cyclic N) is 1. The quantitative estimate of drug-likeness (QED) is 0.637. The largest absolute Gasteiger partial charge is 0.390 e. The number of benzene rings is 1. The monoisotopic (exact) mass is 505 g/mol. The SMILES string of the molecule is CN1CCN(c2nc(NC3CCC3)cc(C(=O)N3CC[C@@H](N4CCc5ccccc5C4)[C@H](O)C3)n2)CC1. The Kier molecular flexibility index (Phi) is 7.01. The van der Waals surface area contributed by atoms with E-state index in [1.807, 2.05) is 0 Å². The molecule has 1 amide bonds. The fourth-order valence-electron chi connectivity index (χ4n) is 6.02. The summed E-state index contributed by atoms with van der Waals surface area (Å²) in [7, 11) is 2.12. The zero-order chi connectivity index (χ0) is 25.4. The van der Waals surface area contributed by atoms with E-state index < -0.39 is 6.10 Å². The van der Waals surface area contributed by atoms with Gasteiger partial charge in [0.25, 0.3) is 5.91 Å². The molecular weight excluding hydrogens is 466 g/mol. The van der Waals surface area contributed by atoms with Crippen molar-refractivity contribution in [3.8, 4) is 0 Å². The number of nitrogens with one attached hydrogen (secondary N) is 1. The molecule has 198 valence electrons. The van der Waals surface area contributed by atoms with E-state index in [4.69, 9.17) is 9.97 Å². The fourth-order valence-corrected chi connectivity index (χ4v) is 6.02. The minimum Gasteiger partial charge on any atom is -0.390 e. The number of fused-ring (bicyclic) bond motifs is 1. The normalized spacial score (nSPS) is 25.5. The Labute approximate surface area is 219 Å². The second-order valence-electron chi connectivity index (χ2n) is 11.2. The summed E-state index contributed by atoms with van der Waals surface area (Å²) in [5, 5.41) is 14.7. The summed E-state index contributed by atoms with van der Waals surface area (Å²) < 4.78 is 0. The van der Waals surface area contributed by atoms with E-state index in [0.29, 0.717) is 30.8 Å². The lowest BCUT2D eigenvalue weighted by atomic mass is 9.93. The molecule has 6 rings (SSSR count). The number of nitrogens with zero attached hydrogens (tertiary/aromatic N) is 6. The van der Waals surface area contributed by atoms with E-state index in [9.17, 15) is 9.90 Å². The predicted octanol–water partition coefficient (Wildman–Crippen LogP) is 1.83. The van der Waals surface area contributed by atoms with Crippen molar-refractivity contribution in [2.75, 3.05) is 63.1 Å². The van der Waals surface area contributed by atoms with Crippen LogP contribution in [0.5, 0.6) is 0 Å². The molecule has 2 atom stereocenters. The minimum atomic E-state index is -0.575. The molecule has 9 heteroatoms. The van der Waals surface area contributed by atoms with Crippen LogP contribution < -0.4 is 10.2 Å². The number of amides is 1. The Hall–Kier alpha value is -2.75. The molecule has 0 unspecified atom stereocenters. The molecule has 0 radical (unpaired) electrons. The Bertz CT molecular complexity index is 1120. The number of carbonyl (C=O) groups is 1. The van der Waals surface area contributed by atoms with Gasteiger partial charge >= 0.3 is 0 Å². The lowest BCUT2D eigenvalue weighted by molar-refractivity contribution is -0.0139. The molecule has 3 aliphatic heterocycles. The van der Waals surface area contributed by atoms with Gasteiger partial charge in [0.05, 0.1) is 6.10 Å². The van der Waals surface area contributed by atoms with Crippen molar-refractivity contribution in [2.24, 2.45) is 0 Å². The molecular formula is C28H39N7O2. The molecule has 37 heavy (non-hydrogen) atoms. The number of aromatic nitrogens is 2. The van der Waals surface area contributed by atoms with Crippen LogP contribution in [-0.2, 0) is 13.0 Å². The standard InChI is InChI=1S/C28H39N7O2/c1-32-13-15-33(16-14-32)28-30-23(17-26(31-28)29-22-7-4-8-22)27(37)35-12-10-24(25(36)19-35)34-11-9-20-5-2-3-6-21(20)18-34/h2-3,5-6,17,22,24-25,36H,4,7-16,18-19H2,1H3,(H,29,30,31)/t24-,25-/m1/s1. The molecule has 4 heterocycles. The van der Waals surface area contributed by atoms with Crippen molar-refractivity contribution in [1.82, 2.24) is 24.7 Å². The van der Waals surface area contributed by atoms with Crippen molar-refractivity contribution in [3.05, 3.63) is 47.2 Å². The van der Waals surface area contributed by atoms with Crippen LogP contribution in [0.4, 0.5) is 11.8 Å². The van der Waals surface area contributed by atoms with Gasteiger partial charge in [0.15, 0.2) is 0 Å². The Balaban J connectivity index is 1.16. The number of piperidine rings is 1. The van der Waals surface area contributed by atoms with E-state index in [2.05, 4.69) is 51.3 Å². The van der Waals surface area contributed by atoms with Gasteiger partial charge in [0.1, 0.15) is 11.5 Å². The van der Waals surface area contributed by atoms with Gasteiger partial charge in [-0.15, -0.1) is 0 Å². The van der Waals surface area contributed by atoms with Crippen LogP contribution in [0.2, 0.25) is 0 Å². The summed E-state index contributed by atoms with van der Waals surface area (Å²) in [6.07, 6.45) is 4.70. The Morgan fingerprint density at radius 2 is 1.78 bits per heavy atom. The summed E-state index contributed by atoms with van der Waals surface area (Å²) in [5.41, 5.74) is 3.18. The Morgan fingerprint density at radius 1 is 1.00 bits per heavy atom. The van der Waals surface area contributed by atoms with Crippen molar-refractivity contribution in [2.45, 2.75) is 56.8 Å². The molecule has 1 aliphatic carbocycles. The highest BCUT2D eigenvalue weighted by Gasteiger charge is 2.36. The maximum absolute atomic E-state index is 13.7. The molecule has 1 aromatic carbocycles. The number of hydrogen-bond donors (Lipinski definition) is 2. The molecule has 3 fully saturated rings. The third-order valence-electron chi connectivity index (χ3n) is 8.64. The van der Waals surface area contributed by atoms with Gasteiger partial charge in [-0.1, -0.05) is 24.3 Å². The molecule has 0 bridgehead atoms. The van der Waals surface area contributed by atoms with Gasteiger partial charge in [0.2, 0.25) is 5.95 Å². The third-order valence-corrected chi connectivity index (χ3v) is 8.64. The highest BCUT2D eigenvalue weighted by molar-refractivity contribution is 5.93. The highest BCUT2D eigenvalue weighted by atomic mass is 16.3. The van der Waals surface area contributed by atoms with Crippen molar-refractivity contribution in [3.63, 3.8) is 0 Å². The number of aliphatic hydroxyl groups is 1. The van der Waals surface area contributed by atoms with E-state index in [0.717, 1.165) is 70.8 Å². The van der Waals surface area contributed by atoms with E-state index in [-0.39, 0.29) is 11.9 Å². The van der Waals surface area contributed by atoms with Crippen molar-refractivity contribution < 1.29 is 9.90 Å². The highest BCUT2D eigenvalue weighted by Crippen LogP contribution is 2.27. The van der Waals surface area contributed by atoms with Crippen LogP contribution in [-0.4, -0.2) is 107 Å². The maximum atomic E-state index is 13.7. The summed E-state index contributed by atoms with van der Waals surface area (Å²) in [5.74, 6) is 1.25. The molecule has 0 spiro atoms. The zero-order valence-corrected chi connectivity index (χ0v) is 21.8. The molecule has 2 saturated heterocycles. The summed E-state index contributed by atoms with van der Waals surface area (Å²) in [6, 6.07) is 10.9. The number of aliphatic hydroxyl groups excluding tert-OH is 1. The zero-order valence-electron chi connectivity index (χ0n) is 21.8. The van der Waals surface area contributed by atoms with Crippen LogP contribution >= 0.6 is 0 Å². The van der Waals surface area contributed by atoms with Crippen molar-refractivity contribution >= 4 is 17.7 Å². The number of anilines is 2. The van der Waals surface area contributed by atoms with Crippen LogP contribution in [0, 0.1) is 0 Å². The number of rotatable bonds is 5. The number of hydrogen-bond acceptors (Lipinski definition) is 8. The first-order chi connectivity index (χ1) is 18.0. The predicted molar refractivity (Wildman–Crippen MR) is 144 cm³/mol. The molecule has 1 saturated carbocycles. The third kappa shape index (κ3) is 5.30. The van der Waals surface area contributed by atoms with Crippen LogP contribution in [0.25, 0.3) is 0 Å². The lowest BCUT2D eigenvalue weighted by Gasteiger charge is -2.43. The molecule has 2 aromatic rings. The second kappa shape index (κ2) is 10.6. The van der Waals surface area contributed by atoms with Gasteiger partial charge < -0.3 is 25.1 Å². The smallest absolute Gasteiger partial charge is 0.272 e. The molecule has 9 nitrogen and oxygen atoms in total. The topological polar surface area (TPSA) is 88.1 Å². The van der Waals surface area contributed by atoms with E-state index in [1.54, 1.807) is 11.0 Å². The number of likely N-dealkylation sites (N-methyl/N-ethyl adjacent to an activating group) is 1. The first-order valence-electron chi connectivity index (χ1n) is 13.9. The number of carbonyl (C=O) groups excluding carboxylic acids is 1. The number of piperazine rings is 1. The molecule has 4 aliphatic rings. The van der Waals surface area contributed by atoms with Gasteiger partial charge in [-0.3, -0.25) is 9.69 Å². The average molecular weight is 506 g/mol. The van der Waals surface area contributed by atoms with Crippen LogP contribution in [0.3, 0.4) is 0 Å². The maximum Gasteiger partial charge on any atom is 0.272 e. The molecule has 1 aromatic heterocycles. The molecule has 2 N–H and O–H groups in total. The van der Waals surface area contributed by atoms with E-state index >= 15 is 0 Å². The number of likely N-dealkylation sites (tertiary alicyclic amines) is 1. The first-order valence-corrected chi connectivity index (χ1v) is 13.9. The summed E-state index contributed by atoms with van der Waals surface area (Å²) >= 11 is 0. The lowest BCUT2D eigenvalue weighted by Crippen LogP contribution is -2.56. The van der Waals surface area contributed by atoms with Crippen molar-refractivity contribution in [1.29, 1.82) is 0 Å². The minimum absolute atomic E-state index is 0.0690. The average Bonchev–Trinajstić information content (AvgIpc) is 2.90. The summed E-state index contributed by atoms with van der Waals surface area (Å²) in [6.45, 7) is 6.37. The van der Waals surface area contributed by atoms with Gasteiger partial charge in [-0.25, -0.2) is 4.98 Å². The summed E-state index contributed by atoms with van der Waals surface area (Å²) in [4.78, 5) is 31.8. The van der Waals surface area contributed by atoms with Crippen LogP contribution in [0.15, 0.2) is 30.3 Å². The van der Waals surface area contributed by atoms with E-state index in [1.165, 1.54) is 17.5 Å². The van der Waals surface area contributed by atoms with Gasteiger partial charge in [-0.2, -0.15) is 4.98 Å².